The lowest BCUT2D eigenvalue weighted by atomic mass is 10.0. The van der Waals surface area contributed by atoms with Crippen LogP contribution < -0.4 is 10.6 Å². The van der Waals surface area contributed by atoms with Crippen LogP contribution in [0.25, 0.3) is 0 Å². The molecule has 0 aliphatic rings. The number of carbonyl (C=O) groups excluding carboxylic acids is 3. The minimum Gasteiger partial charge on any atom is -0.467 e. The van der Waals surface area contributed by atoms with Crippen molar-refractivity contribution in [2.45, 2.75) is 70.8 Å². The smallest absolute Gasteiger partial charge is 0.329 e. The maximum Gasteiger partial charge on any atom is 0.329 e. The molecule has 2 atom stereocenters. The highest BCUT2D eigenvalue weighted by Crippen LogP contribution is 2.35. The minimum atomic E-state index is -1.87. The molecule has 8 heteroatoms. The van der Waals surface area contributed by atoms with Gasteiger partial charge in [0.05, 0.1) is 7.11 Å². The van der Waals surface area contributed by atoms with E-state index in [-0.39, 0.29) is 17.9 Å². The lowest BCUT2D eigenvalue weighted by Crippen LogP contribution is -2.52. The Labute approximate surface area is 185 Å². The van der Waals surface area contributed by atoms with E-state index in [1.807, 2.05) is 0 Å². The Hall–Kier alpha value is -2.66. The molecule has 2 amide bonds. The molecule has 0 heterocycles. The van der Waals surface area contributed by atoms with Gasteiger partial charge in [-0.3, -0.25) is 9.59 Å². The lowest BCUT2D eigenvalue weighted by molar-refractivity contribution is -0.145. The van der Waals surface area contributed by atoms with Crippen molar-refractivity contribution in [1.82, 2.24) is 10.6 Å². The molecule has 0 radical (unpaired) electrons. The van der Waals surface area contributed by atoms with Crippen LogP contribution in [0, 0.1) is 17.3 Å². The molecule has 1 aromatic rings. The van der Waals surface area contributed by atoms with E-state index in [0.29, 0.717) is 5.56 Å². The molecule has 0 aliphatic carbocycles. The highest BCUT2D eigenvalue weighted by atomic mass is 28.3. The number of methoxy groups -OCH3 is 1. The topological polar surface area (TPSA) is 84.5 Å². The number of benzene rings is 1. The molecule has 0 saturated heterocycles. The zero-order chi connectivity index (χ0) is 23.8. The average molecular weight is 449 g/mol. The van der Waals surface area contributed by atoms with Gasteiger partial charge in [0.1, 0.15) is 26.0 Å². The monoisotopic (exact) mass is 448 g/mol. The summed E-state index contributed by atoms with van der Waals surface area (Å²) in [6.45, 7) is 12.0. The molecule has 170 valence electrons. The van der Waals surface area contributed by atoms with E-state index in [4.69, 9.17) is 4.74 Å². The Morgan fingerprint density at radius 2 is 1.68 bits per heavy atom. The number of halogens is 1. The second-order valence-electron chi connectivity index (χ2n) is 9.05. The van der Waals surface area contributed by atoms with Crippen molar-refractivity contribution in [3.05, 3.63) is 35.6 Å². The standard InChI is InChI=1S/C23H33FN2O4Si/c1-16(27)25-20(15-17-10-12-18(24)13-11-17)21(28)26-19(22(29)30-5)9-8-14-31(6,7)23(2,3)4/h10-13,19-20H,9,15H2,1-7H3,(H,25,27)(H,26,28)/t19-,20-/m1/s1. The Balaban J connectivity index is 2.99. The molecule has 2 N–H and O–H groups in total. The van der Waals surface area contributed by atoms with Crippen LogP contribution in [0.5, 0.6) is 0 Å². The fourth-order valence-electron chi connectivity index (χ4n) is 2.48. The van der Waals surface area contributed by atoms with E-state index in [2.05, 4.69) is 56.0 Å². The molecule has 0 spiro atoms. The predicted molar refractivity (Wildman–Crippen MR) is 121 cm³/mol. The van der Waals surface area contributed by atoms with Crippen molar-refractivity contribution in [2.24, 2.45) is 0 Å². The summed E-state index contributed by atoms with van der Waals surface area (Å²) in [7, 11) is -0.627. The number of amides is 2. The maximum absolute atomic E-state index is 13.2. The third-order valence-electron chi connectivity index (χ3n) is 5.43. The molecule has 31 heavy (non-hydrogen) atoms. The van der Waals surface area contributed by atoms with Gasteiger partial charge in [-0.15, -0.1) is 11.5 Å². The van der Waals surface area contributed by atoms with Crippen LogP contribution >= 0.6 is 0 Å². The Kier molecular flexibility index (Phi) is 9.44. The van der Waals surface area contributed by atoms with Gasteiger partial charge in [0.15, 0.2) is 0 Å². The minimum absolute atomic E-state index is 0.0651. The van der Waals surface area contributed by atoms with Gasteiger partial charge in [0.25, 0.3) is 0 Å². The van der Waals surface area contributed by atoms with E-state index >= 15 is 0 Å². The van der Waals surface area contributed by atoms with Crippen molar-refractivity contribution < 1.29 is 23.5 Å². The second kappa shape index (κ2) is 11.1. The fraction of sp³-hybridized carbons (Fsp3) is 0.522. The van der Waals surface area contributed by atoms with E-state index in [1.54, 1.807) is 12.1 Å². The molecule has 6 nitrogen and oxygen atoms in total. The van der Waals surface area contributed by atoms with Crippen molar-refractivity contribution in [3.63, 3.8) is 0 Å². The van der Waals surface area contributed by atoms with Gasteiger partial charge in [-0.2, -0.15) is 0 Å². The van der Waals surface area contributed by atoms with Crippen LogP contribution in [0.15, 0.2) is 24.3 Å². The van der Waals surface area contributed by atoms with Crippen molar-refractivity contribution in [2.75, 3.05) is 7.11 Å². The zero-order valence-electron chi connectivity index (χ0n) is 19.4. The van der Waals surface area contributed by atoms with Crippen molar-refractivity contribution >= 4 is 25.9 Å². The number of ether oxygens (including phenoxy) is 1. The first kappa shape index (κ1) is 26.4. The maximum atomic E-state index is 13.2. The number of esters is 1. The van der Waals surface area contributed by atoms with Crippen LogP contribution in [-0.4, -0.2) is 45.1 Å². The molecule has 0 bridgehead atoms. The van der Waals surface area contributed by atoms with E-state index in [1.165, 1.54) is 26.2 Å². The van der Waals surface area contributed by atoms with Crippen LogP contribution in [0.2, 0.25) is 18.1 Å². The number of carbonyl (C=O) groups is 3. The molecule has 0 aromatic heterocycles. The molecule has 1 rings (SSSR count). The van der Waals surface area contributed by atoms with Gasteiger partial charge < -0.3 is 15.4 Å². The number of hydrogen-bond acceptors (Lipinski definition) is 4. The number of nitrogens with one attached hydrogen (secondary N) is 2. The first-order chi connectivity index (χ1) is 14.3. The summed E-state index contributed by atoms with van der Waals surface area (Å²) < 4.78 is 18.0. The Bertz CT molecular complexity index is 851. The Morgan fingerprint density at radius 3 is 2.16 bits per heavy atom. The van der Waals surface area contributed by atoms with Crippen LogP contribution in [0.3, 0.4) is 0 Å². The lowest BCUT2D eigenvalue weighted by Gasteiger charge is -2.31. The van der Waals surface area contributed by atoms with Crippen LogP contribution in [0.4, 0.5) is 4.39 Å². The quantitative estimate of drug-likeness (QED) is 0.382. The third-order valence-corrected chi connectivity index (χ3v) is 9.98. The highest BCUT2D eigenvalue weighted by Gasteiger charge is 2.34. The predicted octanol–water partition coefficient (Wildman–Crippen LogP) is 2.97. The van der Waals surface area contributed by atoms with Crippen LogP contribution in [0.1, 0.15) is 39.7 Å². The zero-order valence-corrected chi connectivity index (χ0v) is 20.4. The SMILES string of the molecule is COC(=O)[C@@H](CC#C[Si](C)(C)C(C)(C)C)NC(=O)[C@@H](Cc1ccc(F)cc1)NC(C)=O. The largest absolute Gasteiger partial charge is 0.467 e. The summed E-state index contributed by atoms with van der Waals surface area (Å²) in [5, 5.41) is 5.28. The molecule has 0 fully saturated rings. The van der Waals surface area contributed by atoms with Gasteiger partial charge in [0, 0.05) is 19.8 Å². The van der Waals surface area contributed by atoms with Gasteiger partial charge in [-0.25, -0.2) is 9.18 Å². The Morgan fingerprint density at radius 1 is 1.10 bits per heavy atom. The van der Waals surface area contributed by atoms with Gasteiger partial charge in [-0.1, -0.05) is 46.0 Å². The summed E-state index contributed by atoms with van der Waals surface area (Å²) in [5.41, 5.74) is 3.98. The normalized spacial score (nSPS) is 13.3. The summed E-state index contributed by atoms with van der Waals surface area (Å²) in [5.74, 6) is 1.12. The van der Waals surface area contributed by atoms with E-state index in [0.717, 1.165) is 0 Å². The molecule has 0 aliphatic heterocycles. The molecule has 1 aromatic carbocycles. The summed E-state index contributed by atoms with van der Waals surface area (Å²) in [6.07, 6.45) is 0.253. The summed E-state index contributed by atoms with van der Waals surface area (Å²) >= 11 is 0. The van der Waals surface area contributed by atoms with Crippen LogP contribution in [-0.2, 0) is 25.5 Å². The van der Waals surface area contributed by atoms with E-state index in [9.17, 15) is 18.8 Å². The molecular weight excluding hydrogens is 415 g/mol. The van der Waals surface area contributed by atoms with Gasteiger partial charge in [0.2, 0.25) is 11.8 Å². The molecular formula is C23H33FN2O4Si. The van der Waals surface area contributed by atoms with Gasteiger partial charge in [-0.05, 0) is 22.7 Å². The summed E-state index contributed by atoms with van der Waals surface area (Å²) in [4.78, 5) is 36.7. The first-order valence-corrected chi connectivity index (χ1v) is 13.2. The first-order valence-electron chi connectivity index (χ1n) is 10.2. The van der Waals surface area contributed by atoms with E-state index < -0.39 is 43.8 Å². The van der Waals surface area contributed by atoms with Crippen molar-refractivity contribution in [1.29, 1.82) is 0 Å². The fourth-order valence-corrected chi connectivity index (χ4v) is 3.40. The van der Waals surface area contributed by atoms with Gasteiger partial charge >= 0.3 is 5.97 Å². The summed E-state index contributed by atoms with van der Waals surface area (Å²) in [6, 6.07) is 3.76. The average Bonchev–Trinajstić information content (AvgIpc) is 2.66. The molecule has 0 unspecified atom stereocenters. The molecule has 0 saturated carbocycles. The number of rotatable bonds is 7. The number of hydrogen-bond donors (Lipinski definition) is 2. The van der Waals surface area contributed by atoms with Crippen molar-refractivity contribution in [3.8, 4) is 11.5 Å². The highest BCUT2D eigenvalue weighted by molar-refractivity contribution is 6.87. The third kappa shape index (κ3) is 8.54. The second-order valence-corrected chi connectivity index (χ2v) is 14.0.